The summed E-state index contributed by atoms with van der Waals surface area (Å²) < 4.78 is 0. The lowest BCUT2D eigenvalue weighted by Gasteiger charge is -2.36. The largest absolute Gasteiger partial charge is 0.346 e. The average Bonchev–Trinajstić information content (AvgIpc) is 2.98. The fraction of sp³-hybridized carbons (Fsp3) is 0.636. The molecule has 1 amide bonds. The van der Waals surface area contributed by atoms with Gasteiger partial charge in [0.2, 0.25) is 5.91 Å². The molecule has 6 heteroatoms. The molecule has 5 nitrogen and oxygen atoms in total. The van der Waals surface area contributed by atoms with Gasteiger partial charge in [-0.1, -0.05) is 38.8 Å². The number of anilines is 1. The van der Waals surface area contributed by atoms with E-state index >= 15 is 0 Å². The maximum absolute atomic E-state index is 12.6. The van der Waals surface area contributed by atoms with Crippen molar-refractivity contribution < 1.29 is 4.79 Å². The second-order valence-corrected chi connectivity index (χ2v) is 8.65. The highest BCUT2D eigenvalue weighted by Crippen LogP contribution is 2.18. The molecule has 28 heavy (non-hydrogen) atoms. The van der Waals surface area contributed by atoms with E-state index in [9.17, 15) is 4.79 Å². The van der Waals surface area contributed by atoms with E-state index in [2.05, 4.69) is 58.1 Å². The number of carbonyl (C=O) groups excluding carboxylic acids is 1. The molecule has 2 aliphatic rings. The molecule has 0 aromatic heterocycles. The predicted octanol–water partition coefficient (Wildman–Crippen LogP) is 3.53. The number of nitrogens with zero attached hydrogens (tertiary/aromatic N) is 3. The lowest BCUT2D eigenvalue weighted by molar-refractivity contribution is -0.132. The number of hydrogen-bond donors (Lipinski definition) is 1. The van der Waals surface area contributed by atoms with E-state index in [-0.39, 0.29) is 0 Å². The zero-order valence-electron chi connectivity index (χ0n) is 17.3. The first-order valence-electron chi connectivity index (χ1n) is 10.7. The topological polar surface area (TPSA) is 38.8 Å². The van der Waals surface area contributed by atoms with E-state index in [4.69, 9.17) is 12.2 Å². The maximum Gasteiger partial charge on any atom is 0.236 e. The van der Waals surface area contributed by atoms with Crippen molar-refractivity contribution >= 4 is 28.9 Å². The van der Waals surface area contributed by atoms with Crippen LogP contribution >= 0.6 is 12.2 Å². The van der Waals surface area contributed by atoms with Crippen LogP contribution in [0.25, 0.3) is 0 Å². The molecule has 1 N–H and O–H groups in total. The quantitative estimate of drug-likeness (QED) is 0.780. The van der Waals surface area contributed by atoms with E-state index < -0.39 is 0 Å². The molecular formula is C22H34N4OS. The second kappa shape index (κ2) is 10.2. The number of likely N-dealkylation sites (tertiary alicyclic amines) is 1. The van der Waals surface area contributed by atoms with Gasteiger partial charge < -0.3 is 15.1 Å². The third-order valence-electron chi connectivity index (χ3n) is 5.81. The van der Waals surface area contributed by atoms with E-state index in [1.807, 2.05) is 0 Å². The van der Waals surface area contributed by atoms with Crippen LogP contribution in [-0.4, -0.2) is 71.5 Å². The van der Waals surface area contributed by atoms with Crippen LogP contribution in [0, 0.1) is 0 Å². The summed E-state index contributed by atoms with van der Waals surface area (Å²) >= 11 is 5.61. The molecule has 1 aromatic rings. The lowest BCUT2D eigenvalue weighted by atomic mass is 10.0. The van der Waals surface area contributed by atoms with E-state index in [1.54, 1.807) is 0 Å². The predicted molar refractivity (Wildman–Crippen MR) is 120 cm³/mol. The van der Waals surface area contributed by atoms with Crippen molar-refractivity contribution in [3.8, 4) is 0 Å². The van der Waals surface area contributed by atoms with Gasteiger partial charge in [-0.15, -0.1) is 0 Å². The van der Waals surface area contributed by atoms with E-state index in [0.29, 0.717) is 18.4 Å². The molecule has 3 rings (SSSR count). The minimum Gasteiger partial charge on any atom is -0.346 e. The van der Waals surface area contributed by atoms with Gasteiger partial charge in [-0.2, -0.15) is 0 Å². The summed E-state index contributed by atoms with van der Waals surface area (Å²) in [5.41, 5.74) is 2.37. The Bertz CT molecular complexity index is 645. The summed E-state index contributed by atoms with van der Waals surface area (Å²) in [6.07, 6.45) is 4.81. The summed E-state index contributed by atoms with van der Waals surface area (Å²) in [6.45, 7) is 10.3. The SMILES string of the molecule is CC(C)c1ccc(NC(=S)N2CCN(CC(=O)N3CCCCCC3)CC2)cc1. The van der Waals surface area contributed by atoms with Crippen LogP contribution in [-0.2, 0) is 4.79 Å². The number of nitrogens with one attached hydrogen (secondary N) is 1. The highest BCUT2D eigenvalue weighted by molar-refractivity contribution is 7.80. The average molecular weight is 403 g/mol. The Morgan fingerprint density at radius 3 is 2.11 bits per heavy atom. The number of amides is 1. The zero-order chi connectivity index (χ0) is 19.9. The van der Waals surface area contributed by atoms with Gasteiger partial charge in [-0.05, 0) is 48.7 Å². The summed E-state index contributed by atoms with van der Waals surface area (Å²) in [7, 11) is 0. The molecule has 2 fully saturated rings. The van der Waals surface area contributed by atoms with E-state index in [1.165, 1.54) is 18.4 Å². The van der Waals surface area contributed by atoms with Crippen LogP contribution in [0.1, 0.15) is 51.0 Å². The minimum atomic E-state index is 0.293. The highest BCUT2D eigenvalue weighted by Gasteiger charge is 2.23. The molecule has 1 aromatic carbocycles. The standard InChI is InChI=1S/C22H34N4OS/c1-18(2)19-7-9-20(10-8-19)23-22(28)26-15-13-24(14-16-26)17-21(27)25-11-5-3-4-6-12-25/h7-10,18H,3-6,11-17H2,1-2H3,(H,23,28). The fourth-order valence-corrected chi connectivity index (χ4v) is 4.17. The first-order chi connectivity index (χ1) is 13.5. The molecule has 2 saturated heterocycles. The normalized spacial score (nSPS) is 18.8. The van der Waals surface area contributed by atoms with Gasteiger partial charge in [0.1, 0.15) is 0 Å². The van der Waals surface area contributed by atoms with Crippen molar-refractivity contribution in [3.63, 3.8) is 0 Å². The van der Waals surface area contributed by atoms with E-state index in [0.717, 1.165) is 62.9 Å². The van der Waals surface area contributed by atoms with Gasteiger partial charge in [0, 0.05) is 45.0 Å². The third-order valence-corrected chi connectivity index (χ3v) is 6.17. The Morgan fingerprint density at radius 2 is 1.54 bits per heavy atom. The summed E-state index contributed by atoms with van der Waals surface area (Å²) in [4.78, 5) is 19.1. The Morgan fingerprint density at radius 1 is 0.929 bits per heavy atom. The van der Waals surface area contributed by atoms with Gasteiger partial charge in [-0.3, -0.25) is 9.69 Å². The first kappa shape index (κ1) is 21.1. The Kier molecular flexibility index (Phi) is 7.68. The fourth-order valence-electron chi connectivity index (χ4n) is 3.87. The monoisotopic (exact) mass is 402 g/mol. The van der Waals surface area contributed by atoms with Gasteiger partial charge in [0.25, 0.3) is 0 Å². The smallest absolute Gasteiger partial charge is 0.236 e. The van der Waals surface area contributed by atoms with Crippen LogP contribution < -0.4 is 5.32 Å². The Hall–Kier alpha value is -1.66. The summed E-state index contributed by atoms with van der Waals surface area (Å²) in [6, 6.07) is 8.50. The Balaban J connectivity index is 1.42. The maximum atomic E-state index is 12.6. The van der Waals surface area contributed by atoms with Crippen molar-refractivity contribution in [2.75, 3.05) is 51.1 Å². The molecule has 0 aliphatic carbocycles. The molecule has 0 atom stereocenters. The number of carbonyl (C=O) groups is 1. The van der Waals surface area contributed by atoms with Crippen LogP contribution in [0.3, 0.4) is 0 Å². The number of thiocarbonyl (C=S) groups is 1. The van der Waals surface area contributed by atoms with Crippen LogP contribution in [0.4, 0.5) is 5.69 Å². The molecule has 2 aliphatic heterocycles. The van der Waals surface area contributed by atoms with Crippen LogP contribution in [0.15, 0.2) is 24.3 Å². The zero-order valence-corrected chi connectivity index (χ0v) is 18.1. The first-order valence-corrected chi connectivity index (χ1v) is 11.1. The van der Waals surface area contributed by atoms with Gasteiger partial charge in [0.15, 0.2) is 5.11 Å². The molecule has 2 heterocycles. The minimum absolute atomic E-state index is 0.293. The van der Waals surface area contributed by atoms with Gasteiger partial charge in [0.05, 0.1) is 6.54 Å². The molecule has 0 unspecified atom stereocenters. The van der Waals surface area contributed by atoms with Crippen molar-refractivity contribution in [2.45, 2.75) is 45.4 Å². The number of hydrogen-bond acceptors (Lipinski definition) is 3. The number of rotatable bonds is 4. The van der Waals surface area contributed by atoms with Crippen molar-refractivity contribution in [3.05, 3.63) is 29.8 Å². The summed E-state index contributed by atoms with van der Waals surface area (Å²) in [5.74, 6) is 0.826. The molecular weight excluding hydrogens is 368 g/mol. The van der Waals surface area contributed by atoms with Crippen LogP contribution in [0.5, 0.6) is 0 Å². The molecule has 0 bridgehead atoms. The van der Waals surface area contributed by atoms with Crippen molar-refractivity contribution in [1.82, 2.24) is 14.7 Å². The van der Waals surface area contributed by atoms with Gasteiger partial charge in [-0.25, -0.2) is 0 Å². The number of piperazine rings is 1. The van der Waals surface area contributed by atoms with Crippen molar-refractivity contribution in [1.29, 1.82) is 0 Å². The summed E-state index contributed by atoms with van der Waals surface area (Å²) in [5, 5.41) is 4.13. The molecule has 0 spiro atoms. The van der Waals surface area contributed by atoms with Crippen LogP contribution in [0.2, 0.25) is 0 Å². The second-order valence-electron chi connectivity index (χ2n) is 8.27. The highest BCUT2D eigenvalue weighted by atomic mass is 32.1. The molecule has 154 valence electrons. The third kappa shape index (κ3) is 5.92. The lowest BCUT2D eigenvalue weighted by Crippen LogP contribution is -2.52. The van der Waals surface area contributed by atoms with Crippen molar-refractivity contribution in [2.24, 2.45) is 0 Å². The van der Waals surface area contributed by atoms with Gasteiger partial charge >= 0.3 is 0 Å². The Labute approximate surface area is 175 Å². The molecule has 0 radical (unpaired) electrons. The number of benzene rings is 1. The molecule has 0 saturated carbocycles.